The highest BCUT2D eigenvalue weighted by molar-refractivity contribution is 6.31. The summed E-state index contributed by atoms with van der Waals surface area (Å²) in [7, 11) is 0. The molecule has 5 heteroatoms. The van der Waals surface area contributed by atoms with E-state index in [2.05, 4.69) is 10.1 Å². The van der Waals surface area contributed by atoms with Gasteiger partial charge in [-0.2, -0.15) is 0 Å². The Kier molecular flexibility index (Phi) is 3.74. The fraction of sp³-hybridized carbons (Fsp3) is 0.533. The molecule has 3 N–H and O–H groups in total. The highest BCUT2D eigenvalue weighted by atomic mass is 35.5. The molecule has 0 aromatic heterocycles. The fourth-order valence-electron chi connectivity index (χ4n) is 3.77. The number of nitrogens with two attached hydrogens (primary N) is 1. The zero-order chi connectivity index (χ0) is 14.1. The summed E-state index contributed by atoms with van der Waals surface area (Å²) in [5.41, 5.74) is 7.59. The van der Waals surface area contributed by atoms with Crippen LogP contribution >= 0.6 is 11.6 Å². The number of fused-ring (bicyclic) bond motifs is 1. The first kappa shape index (κ1) is 13.6. The van der Waals surface area contributed by atoms with Crippen LogP contribution in [0, 0.1) is 5.92 Å². The molecule has 3 rings (SSSR count). The van der Waals surface area contributed by atoms with Crippen molar-refractivity contribution in [1.82, 2.24) is 0 Å². The van der Waals surface area contributed by atoms with E-state index in [1.807, 2.05) is 12.1 Å². The second-order valence-corrected chi connectivity index (χ2v) is 6.18. The molecule has 1 aromatic rings. The Hall–Kier alpha value is -1.42. The molecule has 1 aliphatic carbocycles. The molecule has 20 heavy (non-hydrogen) atoms. The van der Waals surface area contributed by atoms with Crippen LogP contribution in [0.1, 0.15) is 37.7 Å². The van der Waals surface area contributed by atoms with Crippen molar-refractivity contribution >= 4 is 23.1 Å². The highest BCUT2D eigenvalue weighted by Crippen LogP contribution is 2.40. The molecule has 0 amide bonds. The summed E-state index contributed by atoms with van der Waals surface area (Å²) in [6, 6.07) is 6.14. The molecule has 2 unspecified atom stereocenters. The van der Waals surface area contributed by atoms with Gasteiger partial charge in [0.15, 0.2) is 5.84 Å². The van der Waals surface area contributed by atoms with Crippen molar-refractivity contribution in [2.24, 2.45) is 16.8 Å². The summed E-state index contributed by atoms with van der Waals surface area (Å²) >= 11 is 6.16. The molecule has 2 atom stereocenters. The maximum atomic E-state index is 8.98. The predicted octanol–water partition coefficient (Wildman–Crippen LogP) is 3.20. The third-order valence-electron chi connectivity index (χ3n) is 4.65. The van der Waals surface area contributed by atoms with Crippen LogP contribution in [0.5, 0.6) is 0 Å². The lowest BCUT2D eigenvalue weighted by Gasteiger charge is -2.40. The maximum Gasteiger partial charge on any atom is 0.172 e. The second kappa shape index (κ2) is 5.52. The van der Waals surface area contributed by atoms with Gasteiger partial charge in [-0.3, -0.25) is 0 Å². The second-order valence-electron chi connectivity index (χ2n) is 5.74. The Labute approximate surface area is 124 Å². The summed E-state index contributed by atoms with van der Waals surface area (Å²) in [6.45, 7) is 1.02. The van der Waals surface area contributed by atoms with Gasteiger partial charge in [-0.1, -0.05) is 23.2 Å². The number of benzene rings is 1. The number of halogens is 1. The highest BCUT2D eigenvalue weighted by Gasteiger charge is 2.36. The molecule has 1 aromatic carbocycles. The standard InChI is InChI=1S/C15H20ClN3O/c16-11-6-7-12(15(17)18-20)14(9-11)19-8-2-4-10-3-1-5-13(10)19/h6-7,9-10,13,20H,1-5,8H2,(H2,17,18). The van der Waals surface area contributed by atoms with Crippen molar-refractivity contribution in [3.63, 3.8) is 0 Å². The Bertz CT molecular complexity index is 532. The Morgan fingerprint density at radius 3 is 2.90 bits per heavy atom. The van der Waals surface area contributed by atoms with Crippen LogP contribution < -0.4 is 10.6 Å². The van der Waals surface area contributed by atoms with Gasteiger partial charge in [0, 0.05) is 28.9 Å². The lowest BCUT2D eigenvalue weighted by molar-refractivity contribution is 0.318. The average molecular weight is 294 g/mol. The molecule has 1 saturated carbocycles. The summed E-state index contributed by atoms with van der Waals surface area (Å²) in [4.78, 5) is 2.42. The molecule has 0 bridgehead atoms. The molecule has 2 aliphatic rings. The lowest BCUT2D eigenvalue weighted by Crippen LogP contribution is -2.43. The van der Waals surface area contributed by atoms with E-state index in [1.54, 1.807) is 6.07 Å². The molecular weight excluding hydrogens is 274 g/mol. The van der Waals surface area contributed by atoms with Crippen molar-refractivity contribution in [2.75, 3.05) is 11.4 Å². The number of anilines is 1. The smallest absolute Gasteiger partial charge is 0.172 e. The van der Waals surface area contributed by atoms with Gasteiger partial charge in [-0.05, 0) is 49.8 Å². The summed E-state index contributed by atoms with van der Waals surface area (Å²) in [5.74, 6) is 0.930. The number of oxime groups is 1. The Morgan fingerprint density at radius 1 is 1.30 bits per heavy atom. The molecule has 1 heterocycles. The minimum absolute atomic E-state index is 0.150. The average Bonchev–Trinajstić information content (AvgIpc) is 2.94. The largest absolute Gasteiger partial charge is 0.409 e. The number of piperidine rings is 1. The van der Waals surface area contributed by atoms with Crippen LogP contribution in [-0.4, -0.2) is 23.6 Å². The van der Waals surface area contributed by atoms with E-state index in [9.17, 15) is 0 Å². The van der Waals surface area contributed by atoms with Crippen molar-refractivity contribution in [1.29, 1.82) is 0 Å². The predicted molar refractivity (Wildman–Crippen MR) is 81.7 cm³/mol. The first-order chi connectivity index (χ1) is 9.70. The van der Waals surface area contributed by atoms with E-state index >= 15 is 0 Å². The van der Waals surface area contributed by atoms with E-state index in [4.69, 9.17) is 22.5 Å². The van der Waals surface area contributed by atoms with Crippen LogP contribution in [0.2, 0.25) is 5.02 Å². The van der Waals surface area contributed by atoms with Crippen molar-refractivity contribution in [3.8, 4) is 0 Å². The van der Waals surface area contributed by atoms with E-state index in [0.29, 0.717) is 11.1 Å². The topological polar surface area (TPSA) is 61.9 Å². The van der Waals surface area contributed by atoms with Gasteiger partial charge in [-0.25, -0.2) is 0 Å². The maximum absolute atomic E-state index is 8.98. The zero-order valence-corrected chi connectivity index (χ0v) is 12.2. The molecule has 4 nitrogen and oxygen atoms in total. The van der Waals surface area contributed by atoms with Gasteiger partial charge >= 0.3 is 0 Å². The summed E-state index contributed by atoms with van der Waals surface area (Å²) in [5, 5.41) is 12.8. The fourth-order valence-corrected chi connectivity index (χ4v) is 3.93. The van der Waals surface area contributed by atoms with Gasteiger partial charge in [0.05, 0.1) is 0 Å². The molecule has 1 aliphatic heterocycles. The van der Waals surface area contributed by atoms with Gasteiger partial charge < -0.3 is 15.8 Å². The molecule has 0 spiro atoms. The molecule has 1 saturated heterocycles. The number of nitrogens with zero attached hydrogens (tertiary/aromatic N) is 2. The first-order valence-corrected chi connectivity index (χ1v) is 7.62. The minimum Gasteiger partial charge on any atom is -0.409 e. The third-order valence-corrected chi connectivity index (χ3v) is 4.88. The van der Waals surface area contributed by atoms with Crippen molar-refractivity contribution < 1.29 is 5.21 Å². The molecular formula is C15H20ClN3O. The SMILES string of the molecule is NC(=NO)c1ccc(Cl)cc1N1CCCC2CCCC21. The van der Waals surface area contributed by atoms with Crippen LogP contribution in [0.4, 0.5) is 5.69 Å². The van der Waals surface area contributed by atoms with Gasteiger partial charge in [0.2, 0.25) is 0 Å². The third kappa shape index (κ3) is 2.33. The normalized spacial score (nSPS) is 26.6. The molecule has 0 radical (unpaired) electrons. The van der Waals surface area contributed by atoms with Crippen molar-refractivity contribution in [2.45, 2.75) is 38.1 Å². The van der Waals surface area contributed by atoms with Crippen LogP contribution in [0.3, 0.4) is 0 Å². The molecule has 108 valence electrons. The monoisotopic (exact) mass is 293 g/mol. The van der Waals surface area contributed by atoms with Gasteiger partial charge in [0.25, 0.3) is 0 Å². The number of hydrogen-bond donors (Lipinski definition) is 2. The van der Waals surface area contributed by atoms with E-state index in [-0.39, 0.29) is 5.84 Å². The summed E-state index contributed by atoms with van der Waals surface area (Å²) in [6.07, 6.45) is 6.36. The van der Waals surface area contributed by atoms with Crippen LogP contribution in [0.15, 0.2) is 23.4 Å². The lowest BCUT2D eigenvalue weighted by atomic mass is 9.91. The quantitative estimate of drug-likeness (QED) is 0.381. The number of hydrogen-bond acceptors (Lipinski definition) is 3. The van der Waals surface area contributed by atoms with Crippen LogP contribution in [-0.2, 0) is 0 Å². The van der Waals surface area contributed by atoms with Gasteiger partial charge in [0.1, 0.15) is 0 Å². The van der Waals surface area contributed by atoms with Crippen LogP contribution in [0.25, 0.3) is 0 Å². The molecule has 2 fully saturated rings. The minimum atomic E-state index is 0.150. The number of rotatable bonds is 2. The van der Waals surface area contributed by atoms with E-state index in [0.717, 1.165) is 23.7 Å². The van der Waals surface area contributed by atoms with E-state index < -0.39 is 0 Å². The zero-order valence-electron chi connectivity index (χ0n) is 11.4. The summed E-state index contributed by atoms with van der Waals surface area (Å²) < 4.78 is 0. The Balaban J connectivity index is 2.01. The van der Waals surface area contributed by atoms with E-state index in [1.165, 1.54) is 32.1 Å². The van der Waals surface area contributed by atoms with Gasteiger partial charge in [-0.15, -0.1) is 0 Å². The number of amidine groups is 1. The van der Waals surface area contributed by atoms with Crippen molar-refractivity contribution in [3.05, 3.63) is 28.8 Å². The first-order valence-electron chi connectivity index (χ1n) is 7.25. The Morgan fingerprint density at radius 2 is 2.10 bits per heavy atom.